The Hall–Kier alpha value is -2.73. The molecule has 0 aliphatic carbocycles. The highest BCUT2D eigenvalue weighted by molar-refractivity contribution is 6.31. The van der Waals surface area contributed by atoms with E-state index < -0.39 is 11.7 Å². The first kappa shape index (κ1) is 17.1. The zero-order valence-electron chi connectivity index (χ0n) is 13.4. The number of hydrogen-bond acceptors (Lipinski definition) is 4. The van der Waals surface area contributed by atoms with Crippen molar-refractivity contribution >= 4 is 17.5 Å². The van der Waals surface area contributed by atoms with Gasteiger partial charge in [-0.3, -0.25) is 4.79 Å². The number of carbonyl (C=O) groups is 1. The third-order valence-corrected chi connectivity index (χ3v) is 4.02. The van der Waals surface area contributed by atoms with E-state index in [1.54, 1.807) is 6.07 Å². The molecular formula is C18H15ClFN3O2. The van der Waals surface area contributed by atoms with Crippen LogP contribution in [0.5, 0.6) is 0 Å². The van der Waals surface area contributed by atoms with Crippen molar-refractivity contribution < 1.29 is 13.6 Å². The Labute approximate surface area is 148 Å². The van der Waals surface area contributed by atoms with Crippen LogP contribution in [0.15, 0.2) is 52.9 Å². The highest BCUT2D eigenvalue weighted by atomic mass is 35.5. The number of carbonyl (C=O) groups excluding carboxylic acids is 1. The molecule has 0 fully saturated rings. The maximum absolute atomic E-state index is 13.1. The Bertz CT molecular complexity index is 883. The van der Waals surface area contributed by atoms with Crippen molar-refractivity contribution in [1.82, 2.24) is 15.5 Å². The molecule has 128 valence electrons. The molecule has 5 nitrogen and oxygen atoms in total. The lowest BCUT2D eigenvalue weighted by Gasteiger charge is -2.12. The highest BCUT2D eigenvalue weighted by Crippen LogP contribution is 2.20. The molecule has 0 aliphatic heterocycles. The molecule has 3 rings (SSSR count). The van der Waals surface area contributed by atoms with Gasteiger partial charge in [-0.05, 0) is 30.2 Å². The van der Waals surface area contributed by atoms with E-state index in [1.807, 2.05) is 37.3 Å². The minimum atomic E-state index is -0.458. The summed E-state index contributed by atoms with van der Waals surface area (Å²) in [5.41, 5.74) is 1.60. The van der Waals surface area contributed by atoms with Crippen molar-refractivity contribution in [2.45, 2.75) is 19.4 Å². The molecule has 1 heterocycles. The average Bonchev–Trinajstić information content (AvgIpc) is 3.07. The first-order chi connectivity index (χ1) is 12.0. The van der Waals surface area contributed by atoms with Crippen LogP contribution >= 0.6 is 11.6 Å². The van der Waals surface area contributed by atoms with E-state index in [0.29, 0.717) is 5.56 Å². The first-order valence-corrected chi connectivity index (χ1v) is 8.03. The number of benzene rings is 2. The molecule has 0 aliphatic rings. The molecule has 0 saturated heterocycles. The molecule has 0 saturated carbocycles. The van der Waals surface area contributed by atoms with Crippen LogP contribution in [0.4, 0.5) is 4.39 Å². The molecule has 1 aromatic heterocycles. The second kappa shape index (κ2) is 7.44. The normalized spacial score (nSPS) is 12.0. The first-order valence-electron chi connectivity index (χ1n) is 7.65. The summed E-state index contributed by atoms with van der Waals surface area (Å²) in [7, 11) is 0. The summed E-state index contributed by atoms with van der Waals surface area (Å²) in [6, 6.07) is 13.4. The van der Waals surface area contributed by atoms with E-state index in [0.717, 1.165) is 5.56 Å². The van der Waals surface area contributed by atoms with Crippen LogP contribution in [0.2, 0.25) is 5.02 Å². The van der Waals surface area contributed by atoms with Gasteiger partial charge in [0.15, 0.2) is 0 Å². The van der Waals surface area contributed by atoms with Crippen molar-refractivity contribution in [3.05, 3.63) is 82.3 Å². The summed E-state index contributed by atoms with van der Waals surface area (Å²) < 4.78 is 18.5. The van der Waals surface area contributed by atoms with Crippen LogP contribution in [0, 0.1) is 5.82 Å². The Balaban J connectivity index is 1.67. The number of nitrogens with zero attached hydrogens (tertiary/aromatic N) is 2. The van der Waals surface area contributed by atoms with Gasteiger partial charge in [-0.1, -0.05) is 48.0 Å². The second-order valence-corrected chi connectivity index (χ2v) is 5.93. The van der Waals surface area contributed by atoms with Gasteiger partial charge in [-0.15, -0.1) is 10.2 Å². The minimum absolute atomic E-state index is 0.129. The zero-order chi connectivity index (χ0) is 17.8. The van der Waals surface area contributed by atoms with Gasteiger partial charge in [0.05, 0.1) is 12.5 Å². The van der Waals surface area contributed by atoms with Gasteiger partial charge in [0, 0.05) is 5.02 Å². The van der Waals surface area contributed by atoms with Gasteiger partial charge in [0.25, 0.3) is 0 Å². The summed E-state index contributed by atoms with van der Waals surface area (Å²) in [5.74, 6) is -0.781. The molecule has 1 unspecified atom stereocenters. The molecule has 0 spiro atoms. The van der Waals surface area contributed by atoms with Crippen LogP contribution < -0.4 is 5.32 Å². The second-order valence-electron chi connectivity index (χ2n) is 5.52. The number of nitrogens with one attached hydrogen (secondary N) is 1. The minimum Gasteiger partial charge on any atom is -0.417 e. The number of rotatable bonds is 5. The molecule has 25 heavy (non-hydrogen) atoms. The fourth-order valence-corrected chi connectivity index (χ4v) is 2.56. The van der Waals surface area contributed by atoms with E-state index in [9.17, 15) is 9.18 Å². The predicted molar refractivity (Wildman–Crippen MR) is 90.8 cm³/mol. The summed E-state index contributed by atoms with van der Waals surface area (Å²) in [6.45, 7) is 1.86. The van der Waals surface area contributed by atoms with Crippen LogP contribution in [-0.4, -0.2) is 16.1 Å². The quantitative estimate of drug-likeness (QED) is 0.749. The Morgan fingerprint density at radius 3 is 2.72 bits per heavy atom. The fraction of sp³-hybridized carbons (Fsp3) is 0.167. The molecule has 1 N–H and O–H groups in total. The average molecular weight is 360 g/mol. The van der Waals surface area contributed by atoms with Crippen molar-refractivity contribution in [3.63, 3.8) is 0 Å². The predicted octanol–water partition coefficient (Wildman–Crippen LogP) is 3.94. The SMILES string of the molecule is CC(NC(=O)c1nnc(Cc2ccc(F)cc2Cl)o1)c1ccccc1. The van der Waals surface area contributed by atoms with Gasteiger partial charge < -0.3 is 9.73 Å². The summed E-state index contributed by atoms with van der Waals surface area (Å²) in [5, 5.41) is 10.7. The lowest BCUT2D eigenvalue weighted by molar-refractivity contribution is 0.0903. The molecule has 2 aromatic carbocycles. The Morgan fingerprint density at radius 1 is 1.24 bits per heavy atom. The lowest BCUT2D eigenvalue weighted by atomic mass is 10.1. The number of amides is 1. The molecule has 3 aromatic rings. The van der Waals surface area contributed by atoms with Gasteiger partial charge in [-0.25, -0.2) is 4.39 Å². The third kappa shape index (κ3) is 4.22. The van der Waals surface area contributed by atoms with Gasteiger partial charge >= 0.3 is 11.8 Å². The molecule has 7 heteroatoms. The summed E-state index contributed by atoms with van der Waals surface area (Å²) in [6.07, 6.45) is 0.216. The maximum Gasteiger partial charge on any atom is 0.309 e. The van der Waals surface area contributed by atoms with Crippen LogP contribution in [0.1, 0.15) is 40.7 Å². The van der Waals surface area contributed by atoms with Gasteiger partial charge in [-0.2, -0.15) is 0 Å². The van der Waals surface area contributed by atoms with E-state index in [1.165, 1.54) is 12.1 Å². The van der Waals surface area contributed by atoms with E-state index in [-0.39, 0.29) is 29.3 Å². The molecule has 0 bridgehead atoms. The number of hydrogen-bond donors (Lipinski definition) is 1. The van der Waals surface area contributed by atoms with Crippen molar-refractivity contribution in [1.29, 1.82) is 0 Å². The summed E-state index contributed by atoms with van der Waals surface area (Å²) in [4.78, 5) is 12.2. The van der Waals surface area contributed by atoms with Gasteiger partial charge in [0.1, 0.15) is 5.82 Å². The van der Waals surface area contributed by atoms with Gasteiger partial charge in [0.2, 0.25) is 5.89 Å². The molecular weight excluding hydrogens is 345 g/mol. The third-order valence-electron chi connectivity index (χ3n) is 3.67. The Morgan fingerprint density at radius 2 is 2.00 bits per heavy atom. The number of halogens is 2. The topological polar surface area (TPSA) is 68.0 Å². The van der Waals surface area contributed by atoms with E-state index >= 15 is 0 Å². The molecule has 1 atom stereocenters. The number of aromatic nitrogens is 2. The molecule has 0 radical (unpaired) electrons. The maximum atomic E-state index is 13.1. The van der Waals surface area contributed by atoms with Crippen molar-refractivity contribution in [3.8, 4) is 0 Å². The highest BCUT2D eigenvalue weighted by Gasteiger charge is 2.18. The lowest BCUT2D eigenvalue weighted by Crippen LogP contribution is -2.26. The fourth-order valence-electron chi connectivity index (χ4n) is 2.33. The van der Waals surface area contributed by atoms with Crippen LogP contribution in [0.25, 0.3) is 0 Å². The van der Waals surface area contributed by atoms with E-state index in [4.69, 9.17) is 16.0 Å². The summed E-state index contributed by atoms with van der Waals surface area (Å²) >= 11 is 5.98. The van der Waals surface area contributed by atoms with Crippen molar-refractivity contribution in [2.24, 2.45) is 0 Å². The van der Waals surface area contributed by atoms with Crippen LogP contribution in [0.3, 0.4) is 0 Å². The standard InChI is InChI=1S/C18H15ClFN3O2/c1-11(12-5-3-2-4-6-12)21-17(24)18-23-22-16(25-18)9-13-7-8-14(20)10-15(13)19/h2-8,10-11H,9H2,1H3,(H,21,24). The largest absolute Gasteiger partial charge is 0.417 e. The van der Waals surface area contributed by atoms with E-state index in [2.05, 4.69) is 15.5 Å². The zero-order valence-corrected chi connectivity index (χ0v) is 14.1. The van der Waals surface area contributed by atoms with Crippen molar-refractivity contribution in [2.75, 3.05) is 0 Å². The smallest absolute Gasteiger partial charge is 0.309 e. The van der Waals surface area contributed by atoms with Crippen LogP contribution in [-0.2, 0) is 6.42 Å². The monoisotopic (exact) mass is 359 g/mol. The molecule has 1 amide bonds. The Kier molecular flexibility index (Phi) is 5.09.